The smallest absolute Gasteiger partial charge is 0.137 e. The zero-order valence-electron chi connectivity index (χ0n) is 17.4. The van der Waals surface area contributed by atoms with E-state index in [2.05, 4.69) is 10.6 Å². The summed E-state index contributed by atoms with van der Waals surface area (Å²) in [6, 6.07) is 19.5. The van der Waals surface area contributed by atoms with Gasteiger partial charge in [-0.05, 0) is 36.8 Å². The molecule has 1 unspecified atom stereocenters. The van der Waals surface area contributed by atoms with E-state index in [-0.39, 0.29) is 12.4 Å². The summed E-state index contributed by atoms with van der Waals surface area (Å²) in [5.74, 6) is 0.649. The molecule has 5 heteroatoms. The zero-order valence-corrected chi connectivity index (χ0v) is 17.4. The Morgan fingerprint density at radius 1 is 1.10 bits per heavy atom. The van der Waals surface area contributed by atoms with Gasteiger partial charge in [-0.15, -0.1) is 0 Å². The predicted octanol–water partition coefficient (Wildman–Crippen LogP) is 2.97. The van der Waals surface area contributed by atoms with Crippen molar-refractivity contribution in [3.63, 3.8) is 0 Å². The Labute approximate surface area is 177 Å². The summed E-state index contributed by atoms with van der Waals surface area (Å²) >= 11 is 0. The fraction of sp³-hybridized carbons (Fsp3) is 0.360. The van der Waals surface area contributed by atoms with E-state index in [1.54, 1.807) is 6.07 Å². The summed E-state index contributed by atoms with van der Waals surface area (Å²) in [6.07, 6.45) is 3.85. The number of benzene rings is 2. The number of nitrogens with zero attached hydrogens (tertiary/aromatic N) is 1. The Morgan fingerprint density at radius 2 is 1.87 bits per heavy atom. The standard InChI is InChI=1S/C25H29FN2O2/c1-19-7-2-5-11-25(19)30-18-23(29)17-28(21-12-13-21)16-22-9-6-14-27(22)15-20-8-3-4-10-24(20)26/h2-11,14,21,23,29H,12-13,15-18H2,1H3/p+1/t23-/m0/s1. The molecule has 1 saturated carbocycles. The molecule has 30 heavy (non-hydrogen) atoms. The SMILES string of the molecule is Cc1ccccc1OC[C@@H](O)C[NH+](Cc1cccn1Cc1ccccc1F)C1CC1. The number of aryl methyl sites for hydroxylation is 1. The van der Waals surface area contributed by atoms with Gasteiger partial charge in [-0.3, -0.25) is 0 Å². The molecule has 3 aromatic rings. The number of hydrogen-bond donors (Lipinski definition) is 2. The first-order chi connectivity index (χ1) is 14.6. The molecule has 2 aromatic carbocycles. The fourth-order valence-electron chi connectivity index (χ4n) is 3.95. The Hall–Kier alpha value is -2.63. The fourth-order valence-corrected chi connectivity index (χ4v) is 3.95. The summed E-state index contributed by atoms with van der Waals surface area (Å²) in [4.78, 5) is 1.37. The molecule has 0 saturated heterocycles. The molecule has 0 bridgehead atoms. The van der Waals surface area contributed by atoms with Gasteiger partial charge in [0.2, 0.25) is 0 Å². The van der Waals surface area contributed by atoms with Gasteiger partial charge in [0.15, 0.2) is 0 Å². The van der Waals surface area contributed by atoms with Crippen LogP contribution in [0.2, 0.25) is 0 Å². The van der Waals surface area contributed by atoms with E-state index in [4.69, 9.17) is 4.74 Å². The highest BCUT2D eigenvalue weighted by Crippen LogP contribution is 2.18. The van der Waals surface area contributed by atoms with Crippen LogP contribution < -0.4 is 9.64 Å². The second-order valence-electron chi connectivity index (χ2n) is 8.26. The average Bonchev–Trinajstić information content (AvgIpc) is 3.50. The van der Waals surface area contributed by atoms with Gasteiger partial charge in [0.05, 0.1) is 18.3 Å². The number of quaternary nitrogens is 1. The number of aliphatic hydroxyl groups excluding tert-OH is 1. The number of hydrogen-bond acceptors (Lipinski definition) is 2. The maximum atomic E-state index is 14.1. The van der Waals surface area contributed by atoms with Crippen LogP contribution in [0.4, 0.5) is 4.39 Å². The van der Waals surface area contributed by atoms with Crippen molar-refractivity contribution in [3.8, 4) is 5.75 Å². The molecule has 0 radical (unpaired) electrons. The van der Waals surface area contributed by atoms with Crippen LogP contribution in [0.5, 0.6) is 5.75 Å². The van der Waals surface area contributed by atoms with Crippen LogP contribution in [0.25, 0.3) is 0 Å². The molecule has 1 aliphatic carbocycles. The Bertz CT molecular complexity index is 967. The van der Waals surface area contributed by atoms with Gasteiger partial charge in [0, 0.05) is 24.6 Å². The highest BCUT2D eigenvalue weighted by molar-refractivity contribution is 5.31. The lowest BCUT2D eigenvalue weighted by Gasteiger charge is -2.23. The van der Waals surface area contributed by atoms with E-state index in [9.17, 15) is 9.50 Å². The van der Waals surface area contributed by atoms with Gasteiger partial charge in [-0.25, -0.2) is 4.39 Å². The van der Waals surface area contributed by atoms with Crippen LogP contribution in [0.15, 0.2) is 66.9 Å². The molecule has 2 atom stereocenters. The second-order valence-corrected chi connectivity index (χ2v) is 8.26. The van der Waals surface area contributed by atoms with Crippen molar-refractivity contribution in [1.29, 1.82) is 0 Å². The number of aromatic nitrogens is 1. The molecule has 1 aliphatic rings. The van der Waals surface area contributed by atoms with Gasteiger partial charge in [0.25, 0.3) is 0 Å². The van der Waals surface area contributed by atoms with Crippen molar-refractivity contribution >= 4 is 0 Å². The van der Waals surface area contributed by atoms with Crippen molar-refractivity contribution in [3.05, 3.63) is 89.5 Å². The third-order valence-corrected chi connectivity index (χ3v) is 5.81. The molecule has 4 rings (SSSR count). The highest BCUT2D eigenvalue weighted by atomic mass is 19.1. The maximum Gasteiger partial charge on any atom is 0.137 e. The maximum absolute atomic E-state index is 14.1. The van der Waals surface area contributed by atoms with Crippen LogP contribution in [-0.4, -0.2) is 35.0 Å². The summed E-state index contributed by atoms with van der Waals surface area (Å²) < 4.78 is 22.0. The van der Waals surface area contributed by atoms with Crippen molar-refractivity contribution in [2.75, 3.05) is 13.2 Å². The minimum atomic E-state index is -0.532. The quantitative estimate of drug-likeness (QED) is 0.540. The minimum absolute atomic E-state index is 0.174. The first kappa shape index (κ1) is 20.6. The summed E-state index contributed by atoms with van der Waals surface area (Å²) in [7, 11) is 0. The summed E-state index contributed by atoms with van der Waals surface area (Å²) in [5, 5.41) is 10.6. The van der Waals surface area contributed by atoms with Crippen molar-refractivity contribution in [1.82, 2.24) is 4.57 Å². The number of halogens is 1. The lowest BCUT2D eigenvalue weighted by molar-refractivity contribution is -0.928. The second kappa shape index (κ2) is 9.45. The van der Waals surface area contributed by atoms with Crippen LogP contribution >= 0.6 is 0 Å². The minimum Gasteiger partial charge on any atom is -0.490 e. The average molecular weight is 410 g/mol. The summed E-state index contributed by atoms with van der Waals surface area (Å²) in [6.45, 7) is 4.27. The van der Waals surface area contributed by atoms with E-state index >= 15 is 0 Å². The Morgan fingerprint density at radius 3 is 2.63 bits per heavy atom. The van der Waals surface area contributed by atoms with Gasteiger partial charge in [0.1, 0.15) is 37.4 Å². The summed E-state index contributed by atoms with van der Waals surface area (Å²) in [5.41, 5.74) is 2.92. The molecule has 4 nitrogen and oxygen atoms in total. The third-order valence-electron chi connectivity index (χ3n) is 5.81. The van der Waals surface area contributed by atoms with Gasteiger partial charge in [-0.1, -0.05) is 36.4 Å². The Balaban J connectivity index is 1.37. The van der Waals surface area contributed by atoms with Crippen molar-refractivity contribution < 1.29 is 19.1 Å². The van der Waals surface area contributed by atoms with Gasteiger partial charge >= 0.3 is 0 Å². The van der Waals surface area contributed by atoms with E-state index < -0.39 is 6.10 Å². The highest BCUT2D eigenvalue weighted by Gasteiger charge is 2.35. The molecule has 0 amide bonds. The van der Waals surface area contributed by atoms with Gasteiger partial charge < -0.3 is 19.3 Å². The zero-order chi connectivity index (χ0) is 20.9. The monoisotopic (exact) mass is 409 g/mol. The van der Waals surface area contributed by atoms with E-state index in [1.807, 2.05) is 55.6 Å². The molecule has 1 fully saturated rings. The molecular weight excluding hydrogens is 379 g/mol. The molecule has 1 heterocycles. The molecular formula is C25H30FN2O2+. The number of ether oxygens (including phenoxy) is 1. The Kier molecular flexibility index (Phi) is 6.50. The first-order valence-electron chi connectivity index (χ1n) is 10.7. The van der Waals surface area contributed by atoms with Crippen LogP contribution in [0, 0.1) is 12.7 Å². The molecule has 158 valence electrons. The largest absolute Gasteiger partial charge is 0.490 e. The molecule has 0 spiro atoms. The molecule has 1 aromatic heterocycles. The lowest BCUT2D eigenvalue weighted by atomic mass is 10.2. The van der Waals surface area contributed by atoms with Crippen molar-refractivity contribution in [2.45, 2.75) is 45.0 Å². The van der Waals surface area contributed by atoms with E-state index in [0.29, 0.717) is 24.7 Å². The molecule has 2 N–H and O–H groups in total. The van der Waals surface area contributed by atoms with E-state index in [0.717, 1.165) is 23.6 Å². The topological polar surface area (TPSA) is 38.8 Å². The van der Waals surface area contributed by atoms with E-state index in [1.165, 1.54) is 23.8 Å². The number of rotatable bonds is 10. The van der Waals surface area contributed by atoms with Crippen LogP contribution in [0.1, 0.15) is 29.7 Å². The number of aliphatic hydroxyl groups is 1. The van der Waals surface area contributed by atoms with Crippen LogP contribution in [-0.2, 0) is 13.1 Å². The number of para-hydroxylation sites is 1. The number of nitrogens with one attached hydrogen (secondary N) is 1. The predicted molar refractivity (Wildman–Crippen MR) is 115 cm³/mol. The lowest BCUT2D eigenvalue weighted by Crippen LogP contribution is -3.13. The van der Waals surface area contributed by atoms with Crippen LogP contribution in [0.3, 0.4) is 0 Å². The molecule has 0 aliphatic heterocycles. The third kappa shape index (κ3) is 5.29. The normalized spacial score (nSPS) is 15.7. The first-order valence-corrected chi connectivity index (χ1v) is 10.7. The van der Waals surface area contributed by atoms with Crippen molar-refractivity contribution in [2.24, 2.45) is 0 Å². The van der Waals surface area contributed by atoms with Gasteiger partial charge in [-0.2, -0.15) is 0 Å².